The molecule has 0 radical (unpaired) electrons. The minimum absolute atomic E-state index is 0.122. The van der Waals surface area contributed by atoms with Gasteiger partial charge in [-0.15, -0.1) is 0 Å². The molecule has 0 aliphatic heterocycles. The van der Waals surface area contributed by atoms with E-state index in [2.05, 4.69) is 5.32 Å². The fourth-order valence-corrected chi connectivity index (χ4v) is 2.34. The Bertz CT molecular complexity index is 564. The Morgan fingerprint density at radius 1 is 1.43 bits per heavy atom. The predicted octanol–water partition coefficient (Wildman–Crippen LogP) is 5.15. The van der Waals surface area contributed by atoms with Gasteiger partial charge in [0.05, 0.1) is 12.3 Å². The summed E-state index contributed by atoms with van der Waals surface area (Å²) < 4.78 is 19.3. The topological polar surface area (TPSA) is 38.3 Å². The summed E-state index contributed by atoms with van der Waals surface area (Å²) >= 11 is 11.2. The molecule has 0 saturated heterocycles. The van der Waals surface area contributed by atoms with Gasteiger partial charge >= 0.3 is 0 Å². The largest absolute Gasteiger partial charge is 0.487 e. The molecule has 0 unspecified atom stereocenters. The number of nitrogens with one attached hydrogen (secondary N) is 1. The summed E-state index contributed by atoms with van der Waals surface area (Å²) in [7, 11) is 0. The molecule has 1 N–H and O–H groups in total. The first-order chi connectivity index (χ1) is 10.8. The van der Waals surface area contributed by atoms with Crippen LogP contribution >= 0.6 is 23.8 Å². The third-order valence-corrected chi connectivity index (χ3v) is 3.77. The first-order valence-corrected chi connectivity index (χ1v) is 8.55. The molecule has 1 aromatic rings. The normalized spacial score (nSPS) is 10.7. The van der Waals surface area contributed by atoms with Crippen LogP contribution in [0.5, 0.6) is 0 Å². The van der Waals surface area contributed by atoms with Crippen molar-refractivity contribution in [1.82, 2.24) is 0 Å². The van der Waals surface area contributed by atoms with Crippen LogP contribution in [0.25, 0.3) is 0 Å². The molecular formula is C17H23ClFNO2S. The van der Waals surface area contributed by atoms with E-state index in [0.717, 1.165) is 12.8 Å². The fraction of sp³-hybridized carbons (Fsp3) is 0.529. The molecule has 0 bridgehead atoms. The monoisotopic (exact) mass is 359 g/mol. The van der Waals surface area contributed by atoms with Gasteiger partial charge in [-0.25, -0.2) is 4.39 Å². The molecule has 6 heteroatoms. The predicted molar refractivity (Wildman–Crippen MR) is 96.7 cm³/mol. The van der Waals surface area contributed by atoms with E-state index < -0.39 is 5.82 Å². The number of hydrogen-bond donors (Lipinski definition) is 1. The minimum atomic E-state index is -0.558. The Balaban J connectivity index is 2.78. The second-order valence-electron chi connectivity index (χ2n) is 5.80. The average Bonchev–Trinajstić information content (AvgIpc) is 2.47. The van der Waals surface area contributed by atoms with Crippen molar-refractivity contribution in [2.45, 2.75) is 46.5 Å². The second kappa shape index (κ2) is 9.83. The van der Waals surface area contributed by atoms with Crippen molar-refractivity contribution in [1.29, 1.82) is 0 Å². The number of carbonyl (C=O) groups is 1. The van der Waals surface area contributed by atoms with Crippen LogP contribution in [-0.2, 0) is 16.0 Å². The fourth-order valence-electron chi connectivity index (χ4n) is 1.88. The van der Waals surface area contributed by atoms with Gasteiger partial charge in [0, 0.05) is 17.9 Å². The van der Waals surface area contributed by atoms with Crippen LogP contribution in [-0.4, -0.2) is 17.6 Å². The van der Waals surface area contributed by atoms with Gasteiger partial charge in [-0.2, -0.15) is 0 Å². The number of benzene rings is 1. The summed E-state index contributed by atoms with van der Waals surface area (Å²) in [5.74, 6) is -0.354. The van der Waals surface area contributed by atoms with Gasteiger partial charge in [0.15, 0.2) is 5.05 Å². The first-order valence-electron chi connectivity index (χ1n) is 7.76. The van der Waals surface area contributed by atoms with Crippen LogP contribution < -0.4 is 5.32 Å². The average molecular weight is 360 g/mol. The molecule has 0 fully saturated rings. The van der Waals surface area contributed by atoms with E-state index >= 15 is 0 Å². The van der Waals surface area contributed by atoms with E-state index in [4.69, 9.17) is 28.6 Å². The Hall–Kier alpha value is -1.20. The van der Waals surface area contributed by atoms with Crippen LogP contribution in [0.4, 0.5) is 10.1 Å². The van der Waals surface area contributed by atoms with Gasteiger partial charge in [0.25, 0.3) is 0 Å². The number of amides is 1. The summed E-state index contributed by atoms with van der Waals surface area (Å²) in [6.45, 7) is 6.59. The van der Waals surface area contributed by atoms with Crippen molar-refractivity contribution in [2.75, 3.05) is 11.9 Å². The minimum Gasteiger partial charge on any atom is -0.487 e. The Labute approximate surface area is 147 Å². The highest BCUT2D eigenvalue weighted by Crippen LogP contribution is 2.25. The lowest BCUT2D eigenvalue weighted by Crippen LogP contribution is -2.14. The van der Waals surface area contributed by atoms with Crippen LogP contribution in [0.1, 0.15) is 45.6 Å². The molecule has 1 aromatic carbocycles. The van der Waals surface area contributed by atoms with Crippen molar-refractivity contribution >= 4 is 40.5 Å². The van der Waals surface area contributed by atoms with E-state index in [9.17, 15) is 9.18 Å². The molecule has 0 aliphatic carbocycles. The molecule has 3 nitrogen and oxygen atoms in total. The molecule has 0 aromatic heterocycles. The summed E-state index contributed by atoms with van der Waals surface area (Å²) in [5.41, 5.74) is 0.754. The lowest BCUT2D eigenvalue weighted by molar-refractivity contribution is -0.116. The molecule has 0 atom stereocenters. The Morgan fingerprint density at radius 3 is 2.74 bits per heavy atom. The Kier molecular flexibility index (Phi) is 8.48. The van der Waals surface area contributed by atoms with Crippen molar-refractivity contribution in [2.24, 2.45) is 5.92 Å². The highest BCUT2D eigenvalue weighted by atomic mass is 35.5. The second-order valence-corrected chi connectivity index (χ2v) is 6.66. The van der Waals surface area contributed by atoms with Gasteiger partial charge in [-0.3, -0.25) is 4.79 Å². The number of thiocarbonyl (C=S) groups is 1. The lowest BCUT2D eigenvalue weighted by atomic mass is 10.1. The van der Waals surface area contributed by atoms with Crippen molar-refractivity contribution < 1.29 is 13.9 Å². The molecule has 0 heterocycles. The van der Waals surface area contributed by atoms with Crippen molar-refractivity contribution in [3.63, 3.8) is 0 Å². The van der Waals surface area contributed by atoms with E-state index in [1.165, 1.54) is 12.1 Å². The van der Waals surface area contributed by atoms with Crippen molar-refractivity contribution in [3.05, 3.63) is 28.5 Å². The number of anilines is 1. The molecule has 1 amide bonds. The van der Waals surface area contributed by atoms with Gasteiger partial charge in [-0.1, -0.05) is 32.4 Å². The highest BCUT2D eigenvalue weighted by Gasteiger charge is 2.13. The quantitative estimate of drug-likeness (QED) is 0.652. The van der Waals surface area contributed by atoms with Gasteiger partial charge < -0.3 is 10.1 Å². The molecule has 0 aliphatic rings. The molecule has 23 heavy (non-hydrogen) atoms. The van der Waals surface area contributed by atoms with Crippen LogP contribution in [0.2, 0.25) is 5.02 Å². The number of hydrogen-bond acceptors (Lipinski definition) is 3. The number of rotatable bonds is 8. The maximum atomic E-state index is 14.0. The van der Waals surface area contributed by atoms with Crippen LogP contribution in [0.15, 0.2) is 12.1 Å². The van der Waals surface area contributed by atoms with Crippen LogP contribution in [0, 0.1) is 11.7 Å². The van der Waals surface area contributed by atoms with Crippen LogP contribution in [0.3, 0.4) is 0 Å². The smallest absolute Gasteiger partial charge is 0.224 e. The zero-order valence-electron chi connectivity index (χ0n) is 13.7. The molecule has 128 valence electrons. The molecule has 1 rings (SSSR count). The number of ether oxygens (including phenoxy) is 1. The maximum absolute atomic E-state index is 14.0. The van der Waals surface area contributed by atoms with E-state index in [1.807, 2.05) is 20.8 Å². The summed E-state index contributed by atoms with van der Waals surface area (Å²) in [5, 5.41) is 3.26. The zero-order valence-corrected chi connectivity index (χ0v) is 15.3. The third kappa shape index (κ3) is 7.27. The highest BCUT2D eigenvalue weighted by molar-refractivity contribution is 7.80. The number of carbonyl (C=O) groups excluding carboxylic acids is 1. The summed E-state index contributed by atoms with van der Waals surface area (Å²) in [4.78, 5) is 11.9. The van der Waals surface area contributed by atoms with Gasteiger partial charge in [-0.05, 0) is 48.7 Å². The summed E-state index contributed by atoms with van der Waals surface area (Å²) in [6, 6.07) is 2.71. The summed E-state index contributed by atoms with van der Waals surface area (Å²) in [6.07, 6.45) is 2.27. The third-order valence-electron chi connectivity index (χ3n) is 3.16. The Morgan fingerprint density at radius 2 is 2.13 bits per heavy atom. The maximum Gasteiger partial charge on any atom is 0.224 e. The van der Waals surface area contributed by atoms with Crippen molar-refractivity contribution in [3.8, 4) is 0 Å². The zero-order chi connectivity index (χ0) is 17.4. The van der Waals surface area contributed by atoms with E-state index in [-0.39, 0.29) is 16.6 Å². The van der Waals surface area contributed by atoms with E-state index in [0.29, 0.717) is 36.0 Å². The lowest BCUT2D eigenvalue weighted by Gasteiger charge is -2.12. The molecule has 0 saturated carbocycles. The standard InChI is InChI=1S/C17H23ClFNO2S/c1-4-7-22-17(23)9-12-8-15(14(19)10-13(12)18)20-16(21)6-5-11(2)3/h8,10-11H,4-7,9H2,1-3H3,(H,20,21). The number of halogens is 2. The van der Waals surface area contributed by atoms with Gasteiger partial charge in [0.2, 0.25) is 5.91 Å². The van der Waals surface area contributed by atoms with E-state index in [1.54, 1.807) is 0 Å². The molecular weight excluding hydrogens is 337 g/mol. The van der Waals surface area contributed by atoms with Gasteiger partial charge in [0.1, 0.15) is 5.82 Å². The first kappa shape index (κ1) is 19.8. The SMILES string of the molecule is CCCOC(=S)Cc1cc(NC(=O)CCC(C)C)c(F)cc1Cl. The molecule has 0 spiro atoms.